The van der Waals surface area contributed by atoms with Crippen LogP contribution in [0.15, 0.2) is 49.3 Å². The SMILES string of the molecule is C=CC(=O)N1CCC[C@H]1c1ccc(N2CC[C@H]([C@@H]3CCCCS3(=O)=O)C2)c2cnc(Nc3ccnc(N4CC[C@@H](OC)[C@@H](F)C4)n3)cc12. The molecule has 2 aromatic heterocycles. The van der Waals surface area contributed by atoms with Crippen molar-refractivity contribution < 1.29 is 22.3 Å². The second kappa shape index (κ2) is 13.6. The molecule has 0 spiro atoms. The summed E-state index contributed by atoms with van der Waals surface area (Å²) in [7, 11) is -1.54. The molecular formula is C35H44FN7O4S. The predicted molar refractivity (Wildman–Crippen MR) is 185 cm³/mol. The van der Waals surface area contributed by atoms with Crippen molar-refractivity contribution in [3.8, 4) is 0 Å². The Kier molecular flexibility index (Phi) is 9.25. The number of anilines is 4. The molecule has 48 heavy (non-hydrogen) atoms. The Morgan fingerprint density at radius 1 is 1.00 bits per heavy atom. The molecule has 3 aromatic rings. The number of fused-ring (bicyclic) bond motifs is 1. The van der Waals surface area contributed by atoms with Crippen LogP contribution in [0, 0.1) is 5.92 Å². The van der Waals surface area contributed by atoms with Crippen molar-refractivity contribution in [1.82, 2.24) is 19.9 Å². The number of piperidine rings is 1. The molecule has 1 amide bonds. The number of carbonyl (C=O) groups excluding carboxylic acids is 1. The molecule has 4 fully saturated rings. The highest BCUT2D eigenvalue weighted by atomic mass is 32.2. The number of hydrogen-bond acceptors (Lipinski definition) is 10. The van der Waals surface area contributed by atoms with Crippen molar-refractivity contribution in [2.24, 2.45) is 5.92 Å². The molecule has 0 saturated carbocycles. The smallest absolute Gasteiger partial charge is 0.246 e. The van der Waals surface area contributed by atoms with Crippen molar-refractivity contribution in [3.05, 3.63) is 54.9 Å². The number of aromatic nitrogens is 3. The van der Waals surface area contributed by atoms with E-state index in [4.69, 9.17) is 9.72 Å². The fourth-order valence-corrected chi connectivity index (χ4v) is 10.4. The van der Waals surface area contributed by atoms with Gasteiger partial charge >= 0.3 is 0 Å². The molecule has 0 unspecified atom stereocenters. The van der Waals surface area contributed by atoms with Gasteiger partial charge in [-0.1, -0.05) is 19.1 Å². The summed E-state index contributed by atoms with van der Waals surface area (Å²) in [4.78, 5) is 32.8. The fourth-order valence-electron chi connectivity index (χ4n) is 8.20. The molecule has 5 atom stereocenters. The Balaban J connectivity index is 1.20. The van der Waals surface area contributed by atoms with Crippen molar-refractivity contribution in [2.45, 2.75) is 68.5 Å². The highest BCUT2D eigenvalue weighted by Gasteiger charge is 2.39. The summed E-state index contributed by atoms with van der Waals surface area (Å²) in [6.07, 6.45) is 8.95. The first kappa shape index (κ1) is 32.7. The third kappa shape index (κ3) is 6.34. The minimum Gasteiger partial charge on any atom is -0.378 e. The summed E-state index contributed by atoms with van der Waals surface area (Å²) < 4.78 is 45.8. The molecule has 4 aliphatic heterocycles. The number of halogens is 1. The van der Waals surface area contributed by atoms with Gasteiger partial charge in [0.25, 0.3) is 0 Å². The molecule has 0 bridgehead atoms. The first-order valence-electron chi connectivity index (χ1n) is 17.1. The van der Waals surface area contributed by atoms with Gasteiger partial charge in [0.05, 0.1) is 29.7 Å². The van der Waals surface area contributed by atoms with Gasteiger partial charge in [0.2, 0.25) is 11.9 Å². The van der Waals surface area contributed by atoms with Crippen LogP contribution in [-0.4, -0.2) is 97.3 Å². The Bertz CT molecular complexity index is 1790. The molecule has 1 aromatic carbocycles. The van der Waals surface area contributed by atoms with E-state index in [1.807, 2.05) is 22.1 Å². The number of hydrogen-bond donors (Lipinski definition) is 1. The van der Waals surface area contributed by atoms with E-state index >= 15 is 0 Å². The molecule has 7 rings (SSSR count). The molecule has 0 aliphatic carbocycles. The minimum atomic E-state index is -3.07. The number of carbonyl (C=O) groups is 1. The average Bonchev–Trinajstić information content (AvgIpc) is 3.78. The van der Waals surface area contributed by atoms with Crippen molar-refractivity contribution in [2.75, 3.05) is 60.7 Å². The van der Waals surface area contributed by atoms with E-state index in [1.165, 1.54) is 13.2 Å². The summed E-state index contributed by atoms with van der Waals surface area (Å²) >= 11 is 0. The van der Waals surface area contributed by atoms with Crippen LogP contribution in [0.25, 0.3) is 10.8 Å². The van der Waals surface area contributed by atoms with E-state index in [2.05, 4.69) is 38.9 Å². The predicted octanol–water partition coefficient (Wildman–Crippen LogP) is 4.97. The van der Waals surface area contributed by atoms with Gasteiger partial charge in [-0.25, -0.2) is 22.8 Å². The number of nitrogens with one attached hydrogen (secondary N) is 1. The maximum absolute atomic E-state index is 14.6. The minimum absolute atomic E-state index is 0.0863. The van der Waals surface area contributed by atoms with Gasteiger partial charge in [0.1, 0.15) is 17.8 Å². The molecule has 256 valence electrons. The van der Waals surface area contributed by atoms with Crippen LogP contribution in [0.4, 0.5) is 27.7 Å². The Morgan fingerprint density at radius 3 is 2.65 bits per heavy atom. The van der Waals surface area contributed by atoms with Gasteiger partial charge in [-0.2, -0.15) is 4.98 Å². The monoisotopic (exact) mass is 677 g/mol. The largest absolute Gasteiger partial charge is 0.378 e. The van der Waals surface area contributed by atoms with Gasteiger partial charge in [-0.15, -0.1) is 0 Å². The lowest BCUT2D eigenvalue weighted by Gasteiger charge is -2.33. The van der Waals surface area contributed by atoms with E-state index in [1.54, 1.807) is 12.3 Å². The fraction of sp³-hybridized carbons (Fsp3) is 0.543. The first-order chi connectivity index (χ1) is 23.3. The quantitative estimate of drug-likeness (QED) is 0.327. The van der Waals surface area contributed by atoms with Gasteiger partial charge in [-0.05, 0) is 79.7 Å². The van der Waals surface area contributed by atoms with Crippen LogP contribution in [0.3, 0.4) is 0 Å². The molecule has 11 nitrogen and oxygen atoms in total. The van der Waals surface area contributed by atoms with E-state index in [9.17, 15) is 17.6 Å². The summed E-state index contributed by atoms with van der Waals surface area (Å²) in [5.41, 5.74) is 2.06. The van der Waals surface area contributed by atoms with Gasteiger partial charge < -0.3 is 24.8 Å². The molecule has 6 heterocycles. The zero-order valence-corrected chi connectivity index (χ0v) is 28.2. The maximum Gasteiger partial charge on any atom is 0.246 e. The van der Waals surface area contributed by atoms with E-state index < -0.39 is 22.1 Å². The van der Waals surface area contributed by atoms with Crippen LogP contribution in [0.5, 0.6) is 0 Å². The van der Waals surface area contributed by atoms with E-state index in [0.717, 1.165) is 67.1 Å². The molecule has 4 aliphatic rings. The van der Waals surface area contributed by atoms with Crippen molar-refractivity contribution in [3.63, 3.8) is 0 Å². The number of ether oxygens (including phenoxy) is 1. The Hall–Kier alpha value is -3.84. The van der Waals surface area contributed by atoms with Crippen LogP contribution in [0.2, 0.25) is 0 Å². The van der Waals surface area contributed by atoms with Crippen molar-refractivity contribution in [1.29, 1.82) is 0 Å². The Labute approximate surface area is 281 Å². The molecule has 13 heteroatoms. The molecule has 4 saturated heterocycles. The number of alkyl halides is 1. The summed E-state index contributed by atoms with van der Waals surface area (Å²) in [5.74, 6) is 1.87. The van der Waals surface area contributed by atoms with Crippen LogP contribution in [-0.2, 0) is 19.4 Å². The number of likely N-dealkylation sites (tertiary alicyclic amines) is 1. The number of pyridine rings is 1. The standard InChI is InChI=1S/C35H44FN7O4S/c1-3-34(44)43-15-6-7-29(43)24-9-10-28(41-16-12-23(21-41)31-8-4-5-18-48(31,45)46)26-20-38-33(19-25(24)26)39-32-11-14-37-35(40-32)42-17-13-30(47-2)27(36)22-42/h3,9-11,14,19-20,23,27,29-31H,1,4-8,12-13,15-18,21-22H2,2H3,(H,37,38,39,40)/t23-,27-,29-,30+,31-/m0/s1. The molecule has 1 N–H and O–H groups in total. The second-order valence-corrected chi connectivity index (χ2v) is 15.8. The second-order valence-electron chi connectivity index (χ2n) is 13.5. The lowest BCUT2D eigenvalue weighted by molar-refractivity contribution is -0.126. The maximum atomic E-state index is 14.6. The topological polar surface area (TPSA) is 121 Å². The molecular weight excluding hydrogens is 633 g/mol. The van der Waals surface area contributed by atoms with Crippen LogP contribution >= 0.6 is 0 Å². The average molecular weight is 678 g/mol. The van der Waals surface area contributed by atoms with Gasteiger partial charge in [0, 0.05) is 56.8 Å². The number of benzene rings is 1. The number of sulfone groups is 1. The van der Waals surface area contributed by atoms with Crippen molar-refractivity contribution >= 4 is 49.8 Å². The van der Waals surface area contributed by atoms with E-state index in [0.29, 0.717) is 49.4 Å². The lowest BCUT2D eigenvalue weighted by atomic mass is 9.96. The normalized spacial score (nSPS) is 27.4. The summed E-state index contributed by atoms with van der Waals surface area (Å²) in [6.45, 7) is 6.62. The number of methoxy groups -OCH3 is 1. The third-order valence-electron chi connectivity index (χ3n) is 10.7. The number of rotatable bonds is 8. The van der Waals surface area contributed by atoms with Gasteiger partial charge in [0.15, 0.2) is 9.84 Å². The van der Waals surface area contributed by atoms with Crippen LogP contribution in [0.1, 0.15) is 56.6 Å². The number of nitrogens with zero attached hydrogens (tertiary/aromatic N) is 6. The summed E-state index contributed by atoms with van der Waals surface area (Å²) in [6, 6.07) is 7.89. The number of amides is 1. The lowest BCUT2D eigenvalue weighted by Crippen LogP contribution is -2.46. The van der Waals surface area contributed by atoms with Crippen LogP contribution < -0.4 is 15.1 Å². The first-order valence-corrected chi connectivity index (χ1v) is 18.8. The third-order valence-corrected chi connectivity index (χ3v) is 13.1. The van der Waals surface area contributed by atoms with Gasteiger partial charge in [-0.3, -0.25) is 4.79 Å². The van der Waals surface area contributed by atoms with E-state index in [-0.39, 0.29) is 29.7 Å². The zero-order valence-electron chi connectivity index (χ0n) is 27.4. The highest BCUT2D eigenvalue weighted by Crippen LogP contribution is 2.42. The summed E-state index contributed by atoms with van der Waals surface area (Å²) in [5, 5.41) is 5.00. The zero-order chi connectivity index (χ0) is 33.4. The highest BCUT2D eigenvalue weighted by molar-refractivity contribution is 7.92. The Morgan fingerprint density at radius 2 is 1.85 bits per heavy atom. The molecule has 0 radical (unpaired) electrons.